The van der Waals surface area contributed by atoms with Crippen LogP contribution < -0.4 is 4.74 Å². The van der Waals surface area contributed by atoms with Crippen LogP contribution in [0, 0.1) is 19.8 Å². The fourth-order valence-electron chi connectivity index (χ4n) is 8.04. The first-order valence-electron chi connectivity index (χ1n) is 18.2. The number of nitrogens with zero attached hydrogens (tertiary/aromatic N) is 2. The molecular formula is C44H52N2O3. The highest BCUT2D eigenvalue weighted by Crippen LogP contribution is 2.42. The van der Waals surface area contributed by atoms with Gasteiger partial charge in [-0.3, -0.25) is 4.90 Å². The van der Waals surface area contributed by atoms with Gasteiger partial charge in [-0.2, -0.15) is 0 Å². The zero-order valence-corrected chi connectivity index (χ0v) is 29.7. The van der Waals surface area contributed by atoms with Gasteiger partial charge in [-0.1, -0.05) is 90.5 Å². The van der Waals surface area contributed by atoms with Crippen molar-refractivity contribution >= 4 is 5.97 Å². The van der Waals surface area contributed by atoms with Crippen molar-refractivity contribution in [2.45, 2.75) is 84.2 Å². The van der Waals surface area contributed by atoms with E-state index in [1.54, 1.807) is 0 Å². The summed E-state index contributed by atoms with van der Waals surface area (Å²) in [5.74, 6) is 0.997. The van der Waals surface area contributed by atoms with Gasteiger partial charge in [0.25, 0.3) is 0 Å². The van der Waals surface area contributed by atoms with Crippen molar-refractivity contribution < 1.29 is 14.3 Å². The molecule has 5 heteroatoms. The number of esters is 1. The SMILES string of the molecule is CC(C)=C(C(=O)OCCN1CCC(C(c2ccccc2)c2ccccc2)CC1)C(c1ccccc1C)c1c(C)ccnc1OC1CCCC1. The maximum absolute atomic E-state index is 14.2. The number of pyridine rings is 1. The van der Waals surface area contributed by atoms with Gasteiger partial charge in [-0.15, -0.1) is 0 Å². The Morgan fingerprint density at radius 2 is 1.41 bits per heavy atom. The fourth-order valence-corrected chi connectivity index (χ4v) is 8.04. The highest BCUT2D eigenvalue weighted by atomic mass is 16.5. The molecule has 0 spiro atoms. The molecule has 49 heavy (non-hydrogen) atoms. The van der Waals surface area contributed by atoms with E-state index >= 15 is 0 Å². The van der Waals surface area contributed by atoms with Crippen LogP contribution in [0.5, 0.6) is 5.88 Å². The lowest BCUT2D eigenvalue weighted by Crippen LogP contribution is -2.38. The van der Waals surface area contributed by atoms with E-state index in [-0.39, 0.29) is 18.0 Å². The lowest BCUT2D eigenvalue weighted by atomic mass is 9.76. The number of carbonyl (C=O) groups is 1. The quantitative estimate of drug-likeness (QED) is 0.112. The van der Waals surface area contributed by atoms with Gasteiger partial charge in [0.2, 0.25) is 5.88 Å². The monoisotopic (exact) mass is 656 g/mol. The van der Waals surface area contributed by atoms with Crippen LogP contribution in [0.3, 0.4) is 0 Å². The molecule has 1 aromatic heterocycles. The summed E-state index contributed by atoms with van der Waals surface area (Å²) in [5, 5.41) is 0. The minimum Gasteiger partial charge on any atom is -0.474 e. The molecule has 3 aromatic carbocycles. The summed E-state index contributed by atoms with van der Waals surface area (Å²) in [6, 6.07) is 32.2. The van der Waals surface area contributed by atoms with Gasteiger partial charge >= 0.3 is 5.97 Å². The lowest BCUT2D eigenvalue weighted by molar-refractivity contribution is -0.139. The predicted molar refractivity (Wildman–Crippen MR) is 198 cm³/mol. The van der Waals surface area contributed by atoms with Crippen LogP contribution >= 0.6 is 0 Å². The number of hydrogen-bond acceptors (Lipinski definition) is 5. The molecule has 6 rings (SSSR count). The first-order valence-corrected chi connectivity index (χ1v) is 18.2. The van der Waals surface area contributed by atoms with Gasteiger partial charge in [0.05, 0.1) is 0 Å². The molecule has 0 bridgehead atoms. The maximum atomic E-state index is 14.2. The Balaban J connectivity index is 1.16. The first-order chi connectivity index (χ1) is 23.9. The topological polar surface area (TPSA) is 51.7 Å². The summed E-state index contributed by atoms with van der Waals surface area (Å²) in [6.45, 7) is 11.3. The molecule has 1 aliphatic carbocycles. The van der Waals surface area contributed by atoms with Gasteiger partial charge in [0.1, 0.15) is 12.7 Å². The van der Waals surface area contributed by atoms with Gasteiger partial charge in [-0.05, 0) is 119 Å². The van der Waals surface area contributed by atoms with Crippen LogP contribution in [0.2, 0.25) is 0 Å². The summed E-state index contributed by atoms with van der Waals surface area (Å²) in [4.78, 5) is 21.4. The minimum atomic E-state index is -0.340. The van der Waals surface area contributed by atoms with Crippen LogP contribution in [0.1, 0.15) is 97.6 Å². The Hall–Kier alpha value is -4.22. The van der Waals surface area contributed by atoms with Crippen LogP contribution in [0.4, 0.5) is 0 Å². The van der Waals surface area contributed by atoms with Crippen molar-refractivity contribution in [3.63, 3.8) is 0 Å². The highest BCUT2D eigenvalue weighted by Gasteiger charge is 2.34. The molecule has 4 aromatic rings. The average Bonchev–Trinajstić information content (AvgIpc) is 3.63. The molecule has 0 radical (unpaired) electrons. The number of benzene rings is 3. The van der Waals surface area contributed by atoms with E-state index in [0.29, 0.717) is 29.9 Å². The van der Waals surface area contributed by atoms with Crippen molar-refractivity contribution in [2.75, 3.05) is 26.2 Å². The molecule has 1 unspecified atom stereocenters. The van der Waals surface area contributed by atoms with Crippen LogP contribution in [0.25, 0.3) is 0 Å². The predicted octanol–water partition coefficient (Wildman–Crippen LogP) is 9.58. The molecule has 1 aliphatic heterocycles. The van der Waals surface area contributed by atoms with E-state index in [1.165, 1.54) is 24.0 Å². The number of hydrogen-bond donors (Lipinski definition) is 0. The Morgan fingerprint density at radius 1 is 0.796 bits per heavy atom. The molecule has 2 fully saturated rings. The maximum Gasteiger partial charge on any atom is 0.334 e. The molecule has 256 valence electrons. The van der Waals surface area contributed by atoms with Crippen molar-refractivity contribution in [3.8, 4) is 5.88 Å². The van der Waals surface area contributed by atoms with Crippen LogP contribution in [-0.2, 0) is 9.53 Å². The summed E-state index contributed by atoms with van der Waals surface area (Å²) >= 11 is 0. The zero-order valence-electron chi connectivity index (χ0n) is 29.7. The van der Waals surface area contributed by atoms with E-state index in [0.717, 1.165) is 73.1 Å². The van der Waals surface area contributed by atoms with Crippen LogP contribution in [0.15, 0.2) is 108 Å². The highest BCUT2D eigenvalue weighted by molar-refractivity contribution is 5.92. The largest absolute Gasteiger partial charge is 0.474 e. The normalized spacial score (nSPS) is 16.4. The Kier molecular flexibility index (Phi) is 11.6. The number of piperidine rings is 1. The number of aryl methyl sites for hydroxylation is 2. The summed E-state index contributed by atoms with van der Waals surface area (Å²) in [6.07, 6.45) is 8.64. The smallest absolute Gasteiger partial charge is 0.334 e. The number of likely N-dealkylation sites (tertiary alicyclic amines) is 1. The molecule has 1 saturated heterocycles. The number of aromatic nitrogens is 1. The van der Waals surface area contributed by atoms with Crippen LogP contribution in [-0.4, -0.2) is 48.2 Å². The molecule has 2 aliphatic rings. The standard InChI is InChI=1S/C44H52N2O3/c1-31(2)39(42(38-22-14-11-15-32(38)3)40-33(4)23-26-45-43(40)49-37-20-12-13-21-37)44(47)48-30-29-46-27-24-36(25-28-46)41(34-16-7-5-8-17-34)35-18-9-6-10-19-35/h5-11,14-19,22-23,26,36-37,41-42H,12-13,20-21,24-25,27-30H2,1-4H3. The second-order valence-electron chi connectivity index (χ2n) is 14.2. The molecule has 1 atom stereocenters. The summed E-state index contributed by atoms with van der Waals surface area (Å²) in [5.41, 5.74) is 8.63. The molecule has 2 heterocycles. The second-order valence-corrected chi connectivity index (χ2v) is 14.2. The summed E-state index contributed by atoms with van der Waals surface area (Å²) in [7, 11) is 0. The minimum absolute atomic E-state index is 0.160. The van der Waals surface area contributed by atoms with E-state index in [1.807, 2.05) is 32.2 Å². The zero-order chi connectivity index (χ0) is 34.2. The van der Waals surface area contributed by atoms with Gasteiger partial charge in [0, 0.05) is 35.7 Å². The van der Waals surface area contributed by atoms with Gasteiger partial charge in [-0.25, -0.2) is 9.78 Å². The fraction of sp³-hybridized carbons (Fsp3) is 0.409. The average molecular weight is 657 g/mol. The van der Waals surface area contributed by atoms with Gasteiger partial charge in [0.15, 0.2) is 0 Å². The Bertz CT molecular complexity index is 1660. The van der Waals surface area contributed by atoms with Crippen molar-refractivity contribution in [1.82, 2.24) is 9.88 Å². The van der Waals surface area contributed by atoms with E-state index < -0.39 is 0 Å². The third kappa shape index (κ3) is 8.33. The molecule has 1 saturated carbocycles. The van der Waals surface area contributed by atoms with Crippen molar-refractivity contribution in [2.24, 2.45) is 5.92 Å². The molecule has 0 N–H and O–H groups in total. The number of rotatable bonds is 12. The third-order valence-electron chi connectivity index (χ3n) is 10.6. The first kappa shape index (κ1) is 34.6. The lowest BCUT2D eigenvalue weighted by Gasteiger charge is -2.36. The van der Waals surface area contributed by atoms with E-state index in [9.17, 15) is 4.79 Å². The van der Waals surface area contributed by atoms with Gasteiger partial charge < -0.3 is 9.47 Å². The number of ether oxygens (including phenoxy) is 2. The Labute approximate surface area is 293 Å². The second kappa shape index (κ2) is 16.5. The molecule has 0 amide bonds. The molecular weight excluding hydrogens is 604 g/mol. The summed E-state index contributed by atoms with van der Waals surface area (Å²) < 4.78 is 12.7. The van der Waals surface area contributed by atoms with E-state index in [2.05, 4.69) is 97.6 Å². The third-order valence-corrected chi connectivity index (χ3v) is 10.6. The number of carbonyl (C=O) groups excluding carboxylic acids is 1. The molecule has 5 nitrogen and oxygen atoms in total. The van der Waals surface area contributed by atoms with Crippen molar-refractivity contribution in [3.05, 3.63) is 142 Å². The van der Waals surface area contributed by atoms with Crippen molar-refractivity contribution in [1.29, 1.82) is 0 Å². The number of allylic oxidation sites excluding steroid dienone is 1. The Morgan fingerprint density at radius 3 is 2.02 bits per heavy atom. The van der Waals surface area contributed by atoms with E-state index in [4.69, 9.17) is 14.5 Å².